The summed E-state index contributed by atoms with van der Waals surface area (Å²) in [7, 11) is 0. The van der Waals surface area contributed by atoms with Gasteiger partial charge in [0.25, 0.3) is 0 Å². The van der Waals surface area contributed by atoms with Crippen LogP contribution in [0.5, 0.6) is 0 Å². The molecule has 0 heterocycles. The molecule has 0 spiro atoms. The molecule has 0 fully saturated rings. The summed E-state index contributed by atoms with van der Waals surface area (Å²) in [6, 6.07) is 1.18. The number of nitrogens with one attached hydrogen (secondary N) is 1. The Bertz CT molecular complexity index is 184. The van der Waals surface area contributed by atoms with E-state index in [9.17, 15) is 5.11 Å². The van der Waals surface area contributed by atoms with Crippen LogP contribution in [-0.4, -0.2) is 48.3 Å². The molecular weight excluding hydrogens is 224 g/mol. The van der Waals surface area contributed by atoms with Gasteiger partial charge in [-0.1, -0.05) is 13.8 Å². The van der Waals surface area contributed by atoms with Crippen molar-refractivity contribution >= 4 is 0 Å². The molecule has 0 saturated heterocycles. The lowest BCUT2D eigenvalue weighted by atomic mass is 9.83. The Morgan fingerprint density at radius 3 is 1.89 bits per heavy atom. The summed E-state index contributed by atoms with van der Waals surface area (Å²) in [5.41, 5.74) is 0.0699. The molecule has 0 unspecified atom stereocenters. The van der Waals surface area contributed by atoms with Crippen molar-refractivity contribution in [3.8, 4) is 0 Å². The molecule has 0 aromatic heterocycles. The fourth-order valence-corrected chi connectivity index (χ4v) is 2.45. The average molecular weight is 258 g/mol. The first-order valence-electron chi connectivity index (χ1n) is 7.49. The Balaban J connectivity index is 4.04. The quantitative estimate of drug-likeness (QED) is 0.591. The minimum atomic E-state index is 0.0699. The van der Waals surface area contributed by atoms with Crippen molar-refractivity contribution in [2.75, 3.05) is 26.2 Å². The lowest BCUT2D eigenvalue weighted by Gasteiger charge is -2.33. The third-order valence-corrected chi connectivity index (χ3v) is 4.21. The van der Waals surface area contributed by atoms with E-state index in [1.54, 1.807) is 0 Å². The first-order valence-corrected chi connectivity index (χ1v) is 7.49. The van der Waals surface area contributed by atoms with Crippen LogP contribution in [0.1, 0.15) is 54.4 Å². The molecule has 0 amide bonds. The van der Waals surface area contributed by atoms with Crippen LogP contribution < -0.4 is 5.32 Å². The molecule has 0 saturated carbocycles. The molecule has 0 bridgehead atoms. The average Bonchev–Trinajstić information content (AvgIpc) is 2.33. The number of aliphatic hydroxyl groups excluding tert-OH is 1. The maximum absolute atomic E-state index is 9.51. The van der Waals surface area contributed by atoms with Gasteiger partial charge in [-0.25, -0.2) is 0 Å². The first-order chi connectivity index (χ1) is 8.42. The summed E-state index contributed by atoms with van der Waals surface area (Å²) in [5, 5.41) is 13.0. The van der Waals surface area contributed by atoms with Gasteiger partial charge in [-0.05, 0) is 40.5 Å². The summed E-state index contributed by atoms with van der Waals surface area (Å²) in [6.07, 6.45) is 2.07. The maximum Gasteiger partial charge on any atom is 0.0499 e. The van der Waals surface area contributed by atoms with Crippen LogP contribution in [-0.2, 0) is 0 Å². The third-order valence-electron chi connectivity index (χ3n) is 4.21. The molecule has 0 aromatic carbocycles. The smallest absolute Gasteiger partial charge is 0.0499 e. The zero-order valence-electron chi connectivity index (χ0n) is 13.3. The van der Waals surface area contributed by atoms with Crippen LogP contribution in [0.25, 0.3) is 0 Å². The highest BCUT2D eigenvalue weighted by Crippen LogP contribution is 2.24. The van der Waals surface area contributed by atoms with E-state index in [4.69, 9.17) is 0 Å². The summed E-state index contributed by atoms with van der Waals surface area (Å²) in [5.74, 6) is 0. The van der Waals surface area contributed by atoms with Gasteiger partial charge in [0, 0.05) is 43.7 Å². The second-order valence-corrected chi connectivity index (χ2v) is 5.97. The molecule has 18 heavy (non-hydrogen) atoms. The Hall–Kier alpha value is -0.120. The summed E-state index contributed by atoms with van der Waals surface area (Å²) in [6.45, 7) is 16.6. The van der Waals surface area contributed by atoms with Gasteiger partial charge >= 0.3 is 0 Å². The summed E-state index contributed by atoms with van der Waals surface area (Å²) >= 11 is 0. The molecule has 0 atom stereocenters. The van der Waals surface area contributed by atoms with Crippen molar-refractivity contribution in [2.24, 2.45) is 5.41 Å². The van der Waals surface area contributed by atoms with E-state index in [0.29, 0.717) is 12.1 Å². The number of rotatable bonds is 10. The zero-order valence-corrected chi connectivity index (χ0v) is 13.3. The van der Waals surface area contributed by atoms with Gasteiger partial charge in [0.05, 0.1) is 0 Å². The molecule has 3 heteroatoms. The van der Waals surface area contributed by atoms with E-state index in [0.717, 1.165) is 32.5 Å². The SMILES string of the molecule is CCC(CC)(CO)CNCCN(C(C)C)C(C)C. The normalized spacial score (nSPS) is 13.0. The van der Waals surface area contributed by atoms with Gasteiger partial charge < -0.3 is 10.4 Å². The highest BCUT2D eigenvalue weighted by Gasteiger charge is 2.24. The molecule has 0 aromatic rings. The van der Waals surface area contributed by atoms with Crippen LogP contribution >= 0.6 is 0 Å². The second kappa shape index (κ2) is 8.89. The highest BCUT2D eigenvalue weighted by molar-refractivity contribution is 4.78. The number of hydrogen-bond donors (Lipinski definition) is 2. The predicted octanol–water partition coefficient (Wildman–Crippen LogP) is 2.49. The Labute approximate surface area is 114 Å². The lowest BCUT2D eigenvalue weighted by molar-refractivity contribution is 0.109. The van der Waals surface area contributed by atoms with E-state index < -0.39 is 0 Å². The van der Waals surface area contributed by atoms with Crippen LogP contribution in [0.15, 0.2) is 0 Å². The largest absolute Gasteiger partial charge is 0.396 e. The third kappa shape index (κ3) is 5.68. The molecule has 2 N–H and O–H groups in total. The fourth-order valence-electron chi connectivity index (χ4n) is 2.45. The predicted molar refractivity (Wildman–Crippen MR) is 79.9 cm³/mol. The van der Waals surface area contributed by atoms with Crippen molar-refractivity contribution in [3.63, 3.8) is 0 Å². The first kappa shape index (κ1) is 17.9. The monoisotopic (exact) mass is 258 g/mol. The Morgan fingerprint density at radius 1 is 1.06 bits per heavy atom. The molecule has 0 radical (unpaired) electrons. The van der Waals surface area contributed by atoms with Gasteiger partial charge in [0.2, 0.25) is 0 Å². The molecule has 0 aliphatic rings. The van der Waals surface area contributed by atoms with E-state index >= 15 is 0 Å². The van der Waals surface area contributed by atoms with Crippen LogP contribution in [0.3, 0.4) is 0 Å². The van der Waals surface area contributed by atoms with E-state index in [2.05, 4.69) is 51.8 Å². The molecule has 0 aliphatic heterocycles. The van der Waals surface area contributed by atoms with Gasteiger partial charge in [-0.15, -0.1) is 0 Å². The van der Waals surface area contributed by atoms with Gasteiger partial charge in [-0.2, -0.15) is 0 Å². The Morgan fingerprint density at radius 2 is 1.56 bits per heavy atom. The van der Waals surface area contributed by atoms with Gasteiger partial charge in [0.15, 0.2) is 0 Å². The number of aliphatic hydroxyl groups is 1. The molecule has 0 rings (SSSR count). The molecular formula is C15H34N2O. The fraction of sp³-hybridized carbons (Fsp3) is 1.00. The van der Waals surface area contributed by atoms with Crippen molar-refractivity contribution < 1.29 is 5.11 Å². The van der Waals surface area contributed by atoms with Crippen LogP contribution in [0.4, 0.5) is 0 Å². The minimum absolute atomic E-state index is 0.0699. The highest BCUT2D eigenvalue weighted by atomic mass is 16.3. The summed E-state index contributed by atoms with van der Waals surface area (Å²) < 4.78 is 0. The van der Waals surface area contributed by atoms with E-state index in [-0.39, 0.29) is 12.0 Å². The van der Waals surface area contributed by atoms with Crippen molar-refractivity contribution in [2.45, 2.75) is 66.5 Å². The molecule has 0 aliphatic carbocycles. The van der Waals surface area contributed by atoms with Crippen molar-refractivity contribution in [1.29, 1.82) is 0 Å². The standard InChI is InChI=1S/C15H34N2O/c1-7-15(8-2,12-18)11-16-9-10-17(13(3)4)14(5)6/h13-14,16,18H,7-12H2,1-6H3. The zero-order chi connectivity index (χ0) is 14.2. The van der Waals surface area contributed by atoms with Crippen LogP contribution in [0, 0.1) is 5.41 Å². The van der Waals surface area contributed by atoms with E-state index in [1.165, 1.54) is 0 Å². The van der Waals surface area contributed by atoms with E-state index in [1.807, 2.05) is 0 Å². The second-order valence-electron chi connectivity index (χ2n) is 5.97. The van der Waals surface area contributed by atoms with Crippen molar-refractivity contribution in [1.82, 2.24) is 10.2 Å². The van der Waals surface area contributed by atoms with Crippen molar-refractivity contribution in [3.05, 3.63) is 0 Å². The molecule has 3 nitrogen and oxygen atoms in total. The van der Waals surface area contributed by atoms with Gasteiger partial charge in [0.1, 0.15) is 0 Å². The minimum Gasteiger partial charge on any atom is -0.396 e. The van der Waals surface area contributed by atoms with Crippen LogP contribution in [0.2, 0.25) is 0 Å². The number of hydrogen-bond acceptors (Lipinski definition) is 3. The number of nitrogens with zero attached hydrogens (tertiary/aromatic N) is 1. The lowest BCUT2D eigenvalue weighted by Crippen LogP contribution is -2.44. The maximum atomic E-state index is 9.51. The topological polar surface area (TPSA) is 35.5 Å². The Kier molecular flexibility index (Phi) is 8.83. The van der Waals surface area contributed by atoms with Gasteiger partial charge in [-0.3, -0.25) is 4.90 Å². The summed E-state index contributed by atoms with van der Waals surface area (Å²) in [4.78, 5) is 2.49. The molecule has 110 valence electrons.